The normalized spacial score (nSPS) is 15.1. The molecule has 0 unspecified atom stereocenters. The number of benzene rings is 3. The lowest BCUT2D eigenvalue weighted by Crippen LogP contribution is -2.32. The number of nitrogens with zero attached hydrogens (tertiary/aromatic N) is 1. The molecule has 1 fully saturated rings. The first kappa shape index (κ1) is 25.5. The van der Waals surface area contributed by atoms with Crippen LogP contribution in [0.5, 0.6) is 0 Å². The lowest BCUT2D eigenvalue weighted by molar-refractivity contribution is 0.102. The van der Waals surface area contributed by atoms with Crippen LogP contribution in [0.2, 0.25) is 10.0 Å². The maximum absolute atomic E-state index is 12.7. The first-order valence-electron chi connectivity index (χ1n) is 11.4. The Kier molecular flexibility index (Phi) is 8.02. The Hall–Kier alpha value is -2.58. The molecule has 1 aliphatic rings. The van der Waals surface area contributed by atoms with Crippen molar-refractivity contribution in [2.45, 2.75) is 31.2 Å². The van der Waals surface area contributed by atoms with E-state index in [1.165, 1.54) is 42.7 Å². The van der Waals surface area contributed by atoms with Gasteiger partial charge in [-0.05, 0) is 92.0 Å². The summed E-state index contributed by atoms with van der Waals surface area (Å²) in [7, 11) is -3.86. The molecule has 0 saturated carbocycles. The van der Waals surface area contributed by atoms with Gasteiger partial charge in [0.1, 0.15) is 0 Å². The van der Waals surface area contributed by atoms with Crippen LogP contribution in [0.3, 0.4) is 0 Å². The Morgan fingerprint density at radius 2 is 1.63 bits per heavy atom. The third-order valence-electron chi connectivity index (χ3n) is 6.10. The van der Waals surface area contributed by atoms with Gasteiger partial charge in [-0.15, -0.1) is 0 Å². The summed E-state index contributed by atoms with van der Waals surface area (Å²) in [6.07, 6.45) is 2.46. The quantitative estimate of drug-likeness (QED) is 0.376. The van der Waals surface area contributed by atoms with Gasteiger partial charge in [0.05, 0.1) is 15.6 Å². The third-order valence-corrected chi connectivity index (χ3v) is 8.03. The molecule has 3 aromatic rings. The van der Waals surface area contributed by atoms with Crippen molar-refractivity contribution in [3.05, 3.63) is 87.9 Å². The van der Waals surface area contributed by atoms with Crippen molar-refractivity contribution in [2.24, 2.45) is 5.92 Å². The highest BCUT2D eigenvalue weighted by atomic mass is 35.5. The van der Waals surface area contributed by atoms with Crippen molar-refractivity contribution >= 4 is 50.5 Å². The van der Waals surface area contributed by atoms with Gasteiger partial charge in [0.2, 0.25) is 0 Å². The van der Waals surface area contributed by atoms with Crippen LogP contribution < -0.4 is 10.0 Å². The molecule has 1 saturated heterocycles. The van der Waals surface area contributed by atoms with Gasteiger partial charge < -0.3 is 5.32 Å². The van der Waals surface area contributed by atoms with E-state index in [9.17, 15) is 13.2 Å². The second-order valence-electron chi connectivity index (χ2n) is 8.86. The molecule has 4 rings (SSSR count). The number of hydrogen-bond acceptors (Lipinski definition) is 4. The Morgan fingerprint density at radius 1 is 0.971 bits per heavy atom. The molecule has 35 heavy (non-hydrogen) atoms. The highest BCUT2D eigenvalue weighted by Gasteiger charge is 2.17. The van der Waals surface area contributed by atoms with E-state index in [4.69, 9.17) is 23.2 Å². The van der Waals surface area contributed by atoms with E-state index < -0.39 is 10.0 Å². The lowest BCUT2D eigenvalue weighted by atomic mass is 9.99. The van der Waals surface area contributed by atoms with Gasteiger partial charge in [0.15, 0.2) is 0 Å². The zero-order chi connectivity index (χ0) is 25.0. The van der Waals surface area contributed by atoms with E-state index in [-0.39, 0.29) is 21.5 Å². The van der Waals surface area contributed by atoms with E-state index in [0.717, 1.165) is 25.6 Å². The first-order valence-corrected chi connectivity index (χ1v) is 13.6. The molecule has 0 atom stereocenters. The van der Waals surface area contributed by atoms with E-state index in [1.54, 1.807) is 18.2 Å². The minimum absolute atomic E-state index is 0.0398. The molecular weight excluding hydrogens is 505 g/mol. The van der Waals surface area contributed by atoms with Crippen LogP contribution in [-0.2, 0) is 16.6 Å². The second kappa shape index (κ2) is 11.0. The molecule has 2 N–H and O–H groups in total. The minimum atomic E-state index is -3.86. The largest absolute Gasteiger partial charge is 0.322 e. The van der Waals surface area contributed by atoms with Crippen LogP contribution in [0.1, 0.15) is 35.7 Å². The summed E-state index contributed by atoms with van der Waals surface area (Å²) in [4.78, 5) is 15.1. The van der Waals surface area contributed by atoms with Crippen molar-refractivity contribution in [1.82, 2.24) is 4.90 Å². The smallest absolute Gasteiger partial charge is 0.261 e. The zero-order valence-corrected chi connectivity index (χ0v) is 21.6. The lowest BCUT2D eigenvalue weighted by Gasteiger charge is -2.30. The number of carbonyl (C=O) groups is 1. The Balaban J connectivity index is 1.36. The summed E-state index contributed by atoms with van der Waals surface area (Å²) in [6, 6.07) is 18.0. The molecule has 0 aliphatic carbocycles. The predicted molar refractivity (Wildman–Crippen MR) is 142 cm³/mol. The third kappa shape index (κ3) is 6.76. The standard InChI is InChI=1S/C26H27Cl2N3O3S/c1-18-12-14-31(15-13-18)17-19-2-4-20(5-3-19)26(32)29-22-7-9-23(10-8-22)35(33,34)30-25-11-6-21(27)16-24(25)28/h2-11,16,18,30H,12-15,17H2,1H3,(H,29,32). The molecule has 1 heterocycles. The molecule has 0 bridgehead atoms. The summed E-state index contributed by atoms with van der Waals surface area (Å²) < 4.78 is 27.8. The number of likely N-dealkylation sites (tertiary alicyclic amines) is 1. The van der Waals surface area contributed by atoms with Crippen molar-refractivity contribution in [3.8, 4) is 0 Å². The summed E-state index contributed by atoms with van der Waals surface area (Å²) in [5.74, 6) is 0.537. The molecule has 184 valence electrons. The fourth-order valence-corrected chi connectivity index (χ4v) is 5.53. The first-order chi connectivity index (χ1) is 16.7. The number of sulfonamides is 1. The van der Waals surface area contributed by atoms with E-state index in [1.807, 2.05) is 24.3 Å². The number of hydrogen-bond donors (Lipinski definition) is 2. The molecular formula is C26H27Cl2N3O3S. The number of anilines is 2. The van der Waals surface area contributed by atoms with Gasteiger partial charge in [0.25, 0.3) is 15.9 Å². The number of carbonyl (C=O) groups excluding carboxylic acids is 1. The van der Waals surface area contributed by atoms with Crippen LogP contribution in [0.15, 0.2) is 71.6 Å². The minimum Gasteiger partial charge on any atom is -0.322 e. The zero-order valence-electron chi connectivity index (χ0n) is 19.3. The Bertz CT molecular complexity index is 1290. The molecule has 0 radical (unpaired) electrons. The van der Waals surface area contributed by atoms with Crippen molar-refractivity contribution in [3.63, 3.8) is 0 Å². The fraction of sp³-hybridized carbons (Fsp3) is 0.269. The van der Waals surface area contributed by atoms with Gasteiger partial charge in [-0.1, -0.05) is 42.3 Å². The predicted octanol–water partition coefficient (Wildman–Crippen LogP) is 6.28. The van der Waals surface area contributed by atoms with Gasteiger partial charge in [-0.2, -0.15) is 0 Å². The van der Waals surface area contributed by atoms with Crippen molar-refractivity contribution < 1.29 is 13.2 Å². The van der Waals surface area contributed by atoms with Crippen molar-refractivity contribution in [1.29, 1.82) is 0 Å². The molecule has 1 aliphatic heterocycles. The molecule has 0 aromatic heterocycles. The number of piperidine rings is 1. The van der Waals surface area contributed by atoms with Gasteiger partial charge in [0, 0.05) is 22.8 Å². The fourth-order valence-electron chi connectivity index (χ4n) is 3.94. The van der Waals surface area contributed by atoms with E-state index in [2.05, 4.69) is 21.9 Å². The molecule has 1 amide bonds. The maximum Gasteiger partial charge on any atom is 0.261 e. The SMILES string of the molecule is CC1CCN(Cc2ccc(C(=O)Nc3ccc(S(=O)(=O)Nc4ccc(Cl)cc4Cl)cc3)cc2)CC1. The number of amides is 1. The molecule has 0 spiro atoms. The topological polar surface area (TPSA) is 78.5 Å². The Morgan fingerprint density at radius 3 is 2.26 bits per heavy atom. The Labute approximate surface area is 216 Å². The number of nitrogens with one attached hydrogen (secondary N) is 2. The van der Waals surface area contributed by atoms with Crippen LogP contribution in [-0.4, -0.2) is 32.3 Å². The number of rotatable bonds is 7. The van der Waals surface area contributed by atoms with Gasteiger partial charge in [-0.3, -0.25) is 14.4 Å². The van der Waals surface area contributed by atoms with E-state index in [0.29, 0.717) is 16.3 Å². The van der Waals surface area contributed by atoms with Crippen LogP contribution in [0.4, 0.5) is 11.4 Å². The summed E-state index contributed by atoms with van der Waals surface area (Å²) in [5, 5.41) is 3.41. The van der Waals surface area contributed by atoms with Crippen LogP contribution in [0, 0.1) is 5.92 Å². The second-order valence-corrected chi connectivity index (χ2v) is 11.4. The van der Waals surface area contributed by atoms with E-state index >= 15 is 0 Å². The highest BCUT2D eigenvalue weighted by Crippen LogP contribution is 2.28. The van der Waals surface area contributed by atoms with Crippen molar-refractivity contribution in [2.75, 3.05) is 23.1 Å². The maximum atomic E-state index is 12.7. The average molecular weight is 532 g/mol. The molecule has 6 nitrogen and oxygen atoms in total. The van der Waals surface area contributed by atoms with Crippen LogP contribution in [0.25, 0.3) is 0 Å². The summed E-state index contributed by atoms with van der Waals surface area (Å²) in [5.41, 5.74) is 2.44. The number of halogens is 2. The molecule has 9 heteroatoms. The molecule has 3 aromatic carbocycles. The van der Waals surface area contributed by atoms with Crippen LogP contribution >= 0.6 is 23.2 Å². The van der Waals surface area contributed by atoms with Gasteiger partial charge >= 0.3 is 0 Å². The highest BCUT2D eigenvalue weighted by molar-refractivity contribution is 7.92. The van der Waals surface area contributed by atoms with Gasteiger partial charge in [-0.25, -0.2) is 8.42 Å². The monoisotopic (exact) mass is 531 g/mol. The summed E-state index contributed by atoms with van der Waals surface area (Å²) >= 11 is 11.9. The average Bonchev–Trinajstić information content (AvgIpc) is 2.83. The summed E-state index contributed by atoms with van der Waals surface area (Å²) in [6.45, 7) is 5.40.